The second-order valence-corrected chi connectivity index (χ2v) is 6.25. The van der Waals surface area contributed by atoms with Crippen molar-refractivity contribution in [2.45, 2.75) is 64.9 Å². The topological polar surface area (TPSA) is 38.3 Å². The highest BCUT2D eigenvalue weighted by Crippen LogP contribution is 2.25. The maximum Gasteiger partial charge on any atom is 0.284 e. The molecule has 0 spiro atoms. The van der Waals surface area contributed by atoms with Crippen LogP contribution in [0.5, 0.6) is 0 Å². The summed E-state index contributed by atoms with van der Waals surface area (Å²) >= 11 is 1.61. The summed E-state index contributed by atoms with van der Waals surface area (Å²) in [4.78, 5) is 19.7. The van der Waals surface area contributed by atoms with Crippen LogP contribution in [-0.4, -0.2) is 12.0 Å². The van der Waals surface area contributed by atoms with Gasteiger partial charge in [-0.15, -0.1) is 11.3 Å². The molecular weight excluding hydrogens is 258 g/mol. The molecule has 1 aliphatic rings. The van der Waals surface area contributed by atoms with Crippen LogP contribution in [0.1, 0.15) is 66.1 Å². The van der Waals surface area contributed by atoms with E-state index in [1.807, 2.05) is 6.07 Å². The number of aryl methyl sites for hydroxylation is 2. The molecule has 1 N–H and O–H groups in total. The number of hydrogen-bond acceptors (Lipinski definition) is 3. The third-order valence-electron chi connectivity index (χ3n) is 3.60. The van der Waals surface area contributed by atoms with Crippen LogP contribution >= 0.6 is 11.3 Å². The van der Waals surface area contributed by atoms with Crippen molar-refractivity contribution in [3.8, 4) is 0 Å². The van der Waals surface area contributed by atoms with E-state index in [4.69, 9.17) is 4.84 Å². The molecule has 19 heavy (non-hydrogen) atoms. The molecule has 1 heterocycles. The first-order valence-corrected chi connectivity index (χ1v) is 8.13. The molecule has 0 bridgehead atoms. The first kappa shape index (κ1) is 14.5. The van der Waals surface area contributed by atoms with Crippen molar-refractivity contribution in [3.05, 3.63) is 21.4 Å². The lowest BCUT2D eigenvalue weighted by molar-refractivity contribution is -0.0122. The van der Waals surface area contributed by atoms with Crippen molar-refractivity contribution < 1.29 is 9.63 Å². The maximum atomic E-state index is 12.1. The minimum Gasteiger partial charge on any atom is -0.270 e. The smallest absolute Gasteiger partial charge is 0.270 e. The monoisotopic (exact) mass is 281 g/mol. The van der Waals surface area contributed by atoms with Crippen molar-refractivity contribution in [2.75, 3.05) is 0 Å². The summed E-state index contributed by atoms with van der Waals surface area (Å²) < 4.78 is 0. The van der Waals surface area contributed by atoms with Gasteiger partial charge in [-0.25, -0.2) is 5.48 Å². The molecule has 106 valence electrons. The zero-order valence-corrected chi connectivity index (χ0v) is 12.6. The minimum atomic E-state index is -0.0889. The summed E-state index contributed by atoms with van der Waals surface area (Å²) in [6, 6.07) is 2.02. The number of amides is 1. The molecule has 3 nitrogen and oxygen atoms in total. The van der Waals surface area contributed by atoms with Crippen LogP contribution in [0.15, 0.2) is 6.07 Å². The highest BCUT2D eigenvalue weighted by Gasteiger charge is 2.18. The molecule has 1 fully saturated rings. The lowest BCUT2D eigenvalue weighted by Gasteiger charge is -2.10. The summed E-state index contributed by atoms with van der Waals surface area (Å²) in [5, 5.41) is 0. The normalized spacial score (nSPS) is 15.9. The summed E-state index contributed by atoms with van der Waals surface area (Å²) in [6.07, 6.45) is 7.92. The largest absolute Gasteiger partial charge is 0.284 e. The Morgan fingerprint density at radius 2 is 2.16 bits per heavy atom. The van der Waals surface area contributed by atoms with Gasteiger partial charge in [0, 0.05) is 4.88 Å². The first-order valence-electron chi connectivity index (χ1n) is 7.32. The number of carbonyl (C=O) groups excluding carboxylic acids is 1. The molecule has 0 aliphatic heterocycles. The van der Waals surface area contributed by atoms with E-state index in [-0.39, 0.29) is 12.0 Å². The van der Waals surface area contributed by atoms with Gasteiger partial charge in [0.05, 0.1) is 11.0 Å². The number of hydrogen-bond donors (Lipinski definition) is 1. The van der Waals surface area contributed by atoms with Gasteiger partial charge in [0.1, 0.15) is 0 Å². The van der Waals surface area contributed by atoms with E-state index in [1.54, 1.807) is 11.3 Å². The molecule has 1 amide bonds. The van der Waals surface area contributed by atoms with Crippen LogP contribution in [0.2, 0.25) is 0 Å². The lowest BCUT2D eigenvalue weighted by Crippen LogP contribution is -2.27. The molecule has 1 aromatic heterocycles. The Kier molecular flexibility index (Phi) is 5.40. The van der Waals surface area contributed by atoms with E-state index < -0.39 is 0 Å². The number of hydroxylamine groups is 1. The van der Waals surface area contributed by atoms with Crippen LogP contribution in [0, 0.1) is 0 Å². The van der Waals surface area contributed by atoms with Gasteiger partial charge < -0.3 is 0 Å². The highest BCUT2D eigenvalue weighted by molar-refractivity contribution is 7.14. The molecule has 0 aromatic carbocycles. The van der Waals surface area contributed by atoms with Gasteiger partial charge in [-0.1, -0.05) is 33.1 Å². The molecule has 1 saturated carbocycles. The third-order valence-corrected chi connectivity index (χ3v) is 4.83. The Labute approximate surface area is 119 Å². The van der Waals surface area contributed by atoms with Gasteiger partial charge in [0.25, 0.3) is 5.91 Å². The van der Waals surface area contributed by atoms with Crippen molar-refractivity contribution >= 4 is 17.2 Å². The fourth-order valence-corrected chi connectivity index (χ4v) is 3.75. The molecule has 0 radical (unpaired) electrons. The van der Waals surface area contributed by atoms with E-state index in [2.05, 4.69) is 19.3 Å². The Hall–Kier alpha value is -0.870. The van der Waals surface area contributed by atoms with Gasteiger partial charge in [-0.05, 0) is 37.3 Å². The van der Waals surface area contributed by atoms with Crippen molar-refractivity contribution in [1.29, 1.82) is 0 Å². The average molecular weight is 281 g/mol. The van der Waals surface area contributed by atoms with Gasteiger partial charge in [0.2, 0.25) is 0 Å². The standard InChI is InChI=1S/C15H23NO2S/c1-3-7-13-11(4-2)10-14(19-13)15(17)16-18-12-8-5-6-9-12/h10,12H,3-9H2,1-2H3,(H,16,17). The van der Waals surface area contributed by atoms with E-state index in [1.165, 1.54) is 23.3 Å². The Balaban J connectivity index is 1.93. The quantitative estimate of drug-likeness (QED) is 0.804. The van der Waals surface area contributed by atoms with Gasteiger partial charge in [0.15, 0.2) is 0 Å². The van der Waals surface area contributed by atoms with Crippen molar-refractivity contribution in [3.63, 3.8) is 0 Å². The van der Waals surface area contributed by atoms with Gasteiger partial charge >= 0.3 is 0 Å². The van der Waals surface area contributed by atoms with Crippen LogP contribution < -0.4 is 5.48 Å². The van der Waals surface area contributed by atoms with Crippen LogP contribution in [0.4, 0.5) is 0 Å². The predicted octanol–water partition coefficient (Wildman–Crippen LogP) is 3.87. The number of thiophene rings is 1. The Morgan fingerprint density at radius 1 is 1.42 bits per heavy atom. The number of nitrogens with one attached hydrogen (secondary N) is 1. The van der Waals surface area contributed by atoms with E-state index in [0.717, 1.165) is 37.0 Å². The van der Waals surface area contributed by atoms with Crippen LogP contribution in [0.3, 0.4) is 0 Å². The van der Waals surface area contributed by atoms with Crippen molar-refractivity contribution in [1.82, 2.24) is 5.48 Å². The molecule has 0 saturated heterocycles. The van der Waals surface area contributed by atoms with Crippen molar-refractivity contribution in [2.24, 2.45) is 0 Å². The Bertz CT molecular complexity index is 422. The second kappa shape index (κ2) is 7.06. The van der Waals surface area contributed by atoms with E-state index >= 15 is 0 Å². The maximum absolute atomic E-state index is 12.1. The molecular formula is C15H23NO2S. The van der Waals surface area contributed by atoms with Gasteiger partial charge in [-0.2, -0.15) is 0 Å². The molecule has 1 aliphatic carbocycles. The number of carbonyl (C=O) groups is 1. The van der Waals surface area contributed by atoms with Crippen LogP contribution in [0.25, 0.3) is 0 Å². The summed E-state index contributed by atoms with van der Waals surface area (Å²) in [5.41, 5.74) is 3.92. The minimum absolute atomic E-state index is 0.0889. The Morgan fingerprint density at radius 3 is 2.79 bits per heavy atom. The van der Waals surface area contributed by atoms with E-state index in [0.29, 0.717) is 0 Å². The fraction of sp³-hybridized carbons (Fsp3) is 0.667. The molecule has 2 rings (SSSR count). The van der Waals surface area contributed by atoms with Crippen LogP contribution in [-0.2, 0) is 17.7 Å². The zero-order valence-electron chi connectivity index (χ0n) is 11.8. The number of rotatable bonds is 6. The molecule has 1 aromatic rings. The zero-order chi connectivity index (χ0) is 13.7. The van der Waals surface area contributed by atoms with Gasteiger partial charge in [-0.3, -0.25) is 9.63 Å². The van der Waals surface area contributed by atoms with E-state index in [9.17, 15) is 4.79 Å². The lowest BCUT2D eigenvalue weighted by atomic mass is 10.1. The second-order valence-electron chi connectivity index (χ2n) is 5.12. The first-order chi connectivity index (χ1) is 9.24. The summed E-state index contributed by atoms with van der Waals surface area (Å²) in [7, 11) is 0. The average Bonchev–Trinajstić information content (AvgIpc) is 3.05. The highest BCUT2D eigenvalue weighted by atomic mass is 32.1. The summed E-state index contributed by atoms with van der Waals surface area (Å²) in [5.74, 6) is -0.0889. The fourth-order valence-electron chi connectivity index (χ4n) is 2.51. The molecule has 0 unspecified atom stereocenters. The third kappa shape index (κ3) is 3.80. The molecule has 4 heteroatoms. The summed E-state index contributed by atoms with van der Waals surface area (Å²) in [6.45, 7) is 4.31. The predicted molar refractivity (Wildman–Crippen MR) is 78.5 cm³/mol. The SMILES string of the molecule is CCCc1sc(C(=O)NOC2CCCC2)cc1CC. The molecule has 0 atom stereocenters.